The number of hydrogen-bond acceptors (Lipinski definition) is 2. The first-order valence-corrected chi connectivity index (χ1v) is 6.92. The molecule has 16 heavy (non-hydrogen) atoms. The molecule has 2 unspecified atom stereocenters. The Kier molecular flexibility index (Phi) is 5.39. The Bertz CT molecular complexity index is 315. The fourth-order valence-electron chi connectivity index (χ4n) is 2.10. The first-order valence-electron chi connectivity index (χ1n) is 6.01. The average molecular weight is 285 g/mol. The van der Waals surface area contributed by atoms with Gasteiger partial charge in [-0.05, 0) is 18.4 Å². The van der Waals surface area contributed by atoms with Crippen LogP contribution in [0.25, 0.3) is 0 Å². The molecule has 2 atom stereocenters. The van der Waals surface area contributed by atoms with E-state index in [-0.39, 0.29) is 0 Å². The topological polar surface area (TPSA) is 25.8 Å². The lowest BCUT2D eigenvalue weighted by molar-refractivity contribution is 0.486. The second kappa shape index (κ2) is 6.33. The molecule has 0 N–H and O–H groups in total. The van der Waals surface area contributed by atoms with Crippen LogP contribution in [0.15, 0.2) is 12.4 Å². The molecular weight excluding hydrogens is 264 g/mol. The van der Waals surface area contributed by atoms with Gasteiger partial charge in [0, 0.05) is 22.1 Å². The zero-order valence-electron chi connectivity index (χ0n) is 10.6. The van der Waals surface area contributed by atoms with Gasteiger partial charge in [-0.25, -0.2) is 9.97 Å². The van der Waals surface area contributed by atoms with E-state index in [2.05, 4.69) is 59.7 Å². The summed E-state index contributed by atoms with van der Waals surface area (Å²) in [7, 11) is 0. The summed E-state index contributed by atoms with van der Waals surface area (Å²) in [4.78, 5) is 9.17. The van der Waals surface area contributed by atoms with Gasteiger partial charge in [0.2, 0.25) is 0 Å². The summed E-state index contributed by atoms with van der Waals surface area (Å²) in [6.45, 7) is 8.84. The van der Waals surface area contributed by atoms with Crippen LogP contribution >= 0.6 is 15.9 Å². The molecule has 0 aliphatic carbocycles. The van der Waals surface area contributed by atoms with E-state index in [0.29, 0.717) is 16.7 Å². The maximum Gasteiger partial charge on any atom is 0.115 e. The lowest BCUT2D eigenvalue weighted by atomic mass is 9.89. The summed E-state index contributed by atoms with van der Waals surface area (Å²) in [6, 6.07) is 2.16. The molecule has 0 radical (unpaired) electrons. The van der Waals surface area contributed by atoms with Crippen molar-refractivity contribution in [2.75, 3.05) is 0 Å². The maximum absolute atomic E-state index is 4.42. The predicted octanol–water partition coefficient (Wildman–Crippen LogP) is 3.95. The van der Waals surface area contributed by atoms with E-state index in [1.165, 1.54) is 0 Å². The SMILES string of the molecule is CCCc1cc(C(C(C)C)C(C)Br)ncn1. The van der Waals surface area contributed by atoms with Crippen LogP contribution in [0.3, 0.4) is 0 Å². The number of aryl methyl sites for hydroxylation is 1. The third-order valence-electron chi connectivity index (χ3n) is 2.81. The fraction of sp³-hybridized carbons (Fsp3) is 0.692. The van der Waals surface area contributed by atoms with Gasteiger partial charge in [-0.15, -0.1) is 0 Å². The molecule has 90 valence electrons. The van der Waals surface area contributed by atoms with Crippen molar-refractivity contribution in [2.45, 2.75) is 51.3 Å². The second-order valence-corrected chi connectivity index (χ2v) is 6.08. The van der Waals surface area contributed by atoms with Gasteiger partial charge in [0.1, 0.15) is 6.33 Å². The number of rotatable bonds is 5. The average Bonchev–Trinajstić information content (AvgIpc) is 2.17. The Morgan fingerprint density at radius 3 is 2.44 bits per heavy atom. The normalized spacial score (nSPS) is 15.1. The van der Waals surface area contributed by atoms with Gasteiger partial charge in [-0.1, -0.05) is 50.0 Å². The molecule has 0 amide bonds. The summed E-state index contributed by atoms with van der Waals surface area (Å²) >= 11 is 3.68. The van der Waals surface area contributed by atoms with Crippen LogP contribution in [0.4, 0.5) is 0 Å². The first kappa shape index (κ1) is 13.6. The van der Waals surface area contributed by atoms with Gasteiger partial charge in [0.05, 0.1) is 0 Å². The van der Waals surface area contributed by atoms with Crippen LogP contribution in [0, 0.1) is 5.92 Å². The number of alkyl halides is 1. The first-order chi connectivity index (χ1) is 7.56. The summed E-state index contributed by atoms with van der Waals surface area (Å²) < 4.78 is 0. The van der Waals surface area contributed by atoms with Crippen molar-refractivity contribution in [3.05, 3.63) is 23.8 Å². The minimum atomic E-state index is 0.442. The van der Waals surface area contributed by atoms with E-state index in [4.69, 9.17) is 0 Å². The molecule has 1 aromatic heterocycles. The Labute approximate surface area is 107 Å². The van der Waals surface area contributed by atoms with Gasteiger partial charge < -0.3 is 0 Å². The lowest BCUT2D eigenvalue weighted by Crippen LogP contribution is -2.17. The highest BCUT2D eigenvalue weighted by atomic mass is 79.9. The molecule has 1 heterocycles. The number of halogens is 1. The molecule has 0 fully saturated rings. The highest BCUT2D eigenvalue weighted by molar-refractivity contribution is 9.09. The predicted molar refractivity (Wildman–Crippen MR) is 72.0 cm³/mol. The van der Waals surface area contributed by atoms with Crippen molar-refractivity contribution in [3.63, 3.8) is 0 Å². The monoisotopic (exact) mass is 284 g/mol. The molecule has 0 bridgehead atoms. The third kappa shape index (κ3) is 3.55. The lowest BCUT2D eigenvalue weighted by Gasteiger charge is -2.23. The largest absolute Gasteiger partial charge is 0.241 e. The molecule has 2 nitrogen and oxygen atoms in total. The van der Waals surface area contributed by atoms with E-state index >= 15 is 0 Å². The van der Waals surface area contributed by atoms with E-state index in [9.17, 15) is 0 Å². The molecular formula is C13H21BrN2. The minimum Gasteiger partial charge on any atom is -0.241 e. The highest BCUT2D eigenvalue weighted by Crippen LogP contribution is 2.30. The van der Waals surface area contributed by atoms with Crippen molar-refractivity contribution >= 4 is 15.9 Å². The zero-order chi connectivity index (χ0) is 12.1. The van der Waals surface area contributed by atoms with E-state index < -0.39 is 0 Å². The van der Waals surface area contributed by atoms with Crippen molar-refractivity contribution in [1.82, 2.24) is 9.97 Å². The standard InChI is InChI=1S/C13H21BrN2/c1-5-6-11-7-12(16-8-15-11)13(9(2)3)10(4)14/h7-10,13H,5-6H2,1-4H3. The number of aromatic nitrogens is 2. The molecule has 0 saturated heterocycles. The van der Waals surface area contributed by atoms with Gasteiger partial charge in [0.25, 0.3) is 0 Å². The van der Waals surface area contributed by atoms with Crippen LogP contribution in [0.2, 0.25) is 0 Å². The van der Waals surface area contributed by atoms with E-state index in [1.807, 2.05) is 0 Å². The fourth-order valence-corrected chi connectivity index (χ4v) is 2.98. The molecule has 3 heteroatoms. The van der Waals surface area contributed by atoms with Gasteiger partial charge in [-0.2, -0.15) is 0 Å². The second-order valence-electron chi connectivity index (χ2n) is 4.63. The van der Waals surface area contributed by atoms with Crippen molar-refractivity contribution in [2.24, 2.45) is 5.92 Å². The van der Waals surface area contributed by atoms with Crippen LogP contribution in [-0.2, 0) is 6.42 Å². The summed E-state index contributed by atoms with van der Waals surface area (Å²) in [6.07, 6.45) is 3.87. The van der Waals surface area contributed by atoms with Crippen LogP contribution < -0.4 is 0 Å². The van der Waals surface area contributed by atoms with Crippen molar-refractivity contribution in [3.8, 4) is 0 Å². The summed E-state index contributed by atoms with van der Waals surface area (Å²) in [5, 5.41) is 0. The van der Waals surface area contributed by atoms with Crippen molar-refractivity contribution in [1.29, 1.82) is 0 Å². The zero-order valence-corrected chi connectivity index (χ0v) is 12.2. The van der Waals surface area contributed by atoms with Crippen molar-refractivity contribution < 1.29 is 0 Å². The molecule has 0 aliphatic heterocycles. The molecule has 1 rings (SSSR count). The summed E-state index contributed by atoms with van der Waals surface area (Å²) in [5.41, 5.74) is 2.32. The Hall–Kier alpha value is -0.440. The summed E-state index contributed by atoms with van der Waals surface area (Å²) in [5.74, 6) is 1.04. The molecule has 0 spiro atoms. The highest BCUT2D eigenvalue weighted by Gasteiger charge is 2.22. The minimum absolute atomic E-state index is 0.442. The molecule has 0 aromatic carbocycles. The van der Waals surface area contributed by atoms with Crippen LogP contribution in [-0.4, -0.2) is 14.8 Å². The van der Waals surface area contributed by atoms with Crippen LogP contribution in [0.5, 0.6) is 0 Å². The quantitative estimate of drug-likeness (QED) is 0.765. The van der Waals surface area contributed by atoms with E-state index in [0.717, 1.165) is 24.2 Å². The molecule has 0 saturated carbocycles. The number of nitrogens with zero attached hydrogens (tertiary/aromatic N) is 2. The smallest absolute Gasteiger partial charge is 0.115 e. The third-order valence-corrected chi connectivity index (χ3v) is 3.38. The maximum atomic E-state index is 4.42. The Balaban J connectivity index is 2.95. The Morgan fingerprint density at radius 1 is 1.25 bits per heavy atom. The van der Waals surface area contributed by atoms with Crippen LogP contribution in [0.1, 0.15) is 51.4 Å². The van der Waals surface area contributed by atoms with Gasteiger partial charge in [-0.3, -0.25) is 0 Å². The van der Waals surface area contributed by atoms with Gasteiger partial charge in [0.15, 0.2) is 0 Å². The van der Waals surface area contributed by atoms with E-state index in [1.54, 1.807) is 6.33 Å². The molecule has 0 aliphatic rings. The molecule has 1 aromatic rings. The Morgan fingerprint density at radius 2 is 1.94 bits per heavy atom. The number of hydrogen-bond donors (Lipinski definition) is 0. The van der Waals surface area contributed by atoms with Gasteiger partial charge >= 0.3 is 0 Å².